The summed E-state index contributed by atoms with van der Waals surface area (Å²) in [5.41, 5.74) is 0. The first kappa shape index (κ1) is 17.3. The van der Waals surface area contributed by atoms with Gasteiger partial charge >= 0.3 is 11.9 Å². The second kappa shape index (κ2) is 7.70. The van der Waals surface area contributed by atoms with Gasteiger partial charge in [-0.05, 0) is 19.3 Å². The van der Waals surface area contributed by atoms with Crippen LogP contribution in [0.1, 0.15) is 32.6 Å². The molecular weight excluding hydrogens is 276 g/mol. The minimum Gasteiger partial charge on any atom is -0.481 e. The molecule has 8 nitrogen and oxygen atoms in total. The van der Waals surface area contributed by atoms with Crippen LogP contribution in [0, 0.1) is 11.3 Å². The Kier molecular flexibility index (Phi) is 7.03. The van der Waals surface area contributed by atoms with Crippen molar-refractivity contribution in [3.8, 4) is 6.07 Å². The summed E-state index contributed by atoms with van der Waals surface area (Å²) in [7, 11) is -4.06. The Balaban J connectivity index is 4.72. The van der Waals surface area contributed by atoms with E-state index < -0.39 is 33.3 Å². The van der Waals surface area contributed by atoms with E-state index in [0.717, 1.165) is 0 Å². The largest absolute Gasteiger partial charge is 0.481 e. The van der Waals surface area contributed by atoms with Gasteiger partial charge < -0.3 is 10.2 Å². The van der Waals surface area contributed by atoms with E-state index in [2.05, 4.69) is 0 Å². The van der Waals surface area contributed by atoms with Crippen LogP contribution in [0.15, 0.2) is 0 Å². The molecule has 0 aliphatic heterocycles. The molecule has 19 heavy (non-hydrogen) atoms. The molecule has 0 aliphatic rings. The van der Waals surface area contributed by atoms with Crippen LogP contribution >= 0.6 is 0 Å². The van der Waals surface area contributed by atoms with Crippen molar-refractivity contribution in [3.05, 3.63) is 0 Å². The summed E-state index contributed by atoms with van der Waals surface area (Å²) in [4.78, 5) is 21.2. The smallest absolute Gasteiger partial charge is 0.321 e. The standard InChI is InChI=1S/C10H16N2O6S/c1-2-7(6-11)19(17,18)12-8(10(15)16)4-3-5-9(13)14/h7-8,12H,2-5H2,1H3,(H,13,14)(H,15,16)/t7?,8-/m1/s1. The summed E-state index contributed by atoms with van der Waals surface area (Å²) >= 11 is 0. The van der Waals surface area contributed by atoms with Gasteiger partial charge in [0, 0.05) is 6.42 Å². The highest BCUT2D eigenvalue weighted by atomic mass is 32.2. The first-order valence-electron chi connectivity index (χ1n) is 5.60. The molecule has 3 N–H and O–H groups in total. The van der Waals surface area contributed by atoms with Gasteiger partial charge in [-0.1, -0.05) is 6.92 Å². The van der Waals surface area contributed by atoms with Crippen molar-refractivity contribution in [2.24, 2.45) is 0 Å². The topological polar surface area (TPSA) is 145 Å². The SMILES string of the molecule is CCC(C#N)S(=O)(=O)N[C@H](CCCC(=O)O)C(=O)O. The van der Waals surface area contributed by atoms with Gasteiger partial charge in [0.25, 0.3) is 0 Å². The zero-order valence-electron chi connectivity index (χ0n) is 10.4. The van der Waals surface area contributed by atoms with Crippen LogP contribution in [0.25, 0.3) is 0 Å². The Labute approximate surface area is 111 Å². The van der Waals surface area contributed by atoms with Crippen LogP contribution in [0.3, 0.4) is 0 Å². The maximum atomic E-state index is 11.7. The molecule has 0 aromatic heterocycles. The minimum atomic E-state index is -4.06. The van der Waals surface area contributed by atoms with E-state index in [1.165, 1.54) is 6.92 Å². The number of carboxylic acid groups (broad SMARTS) is 2. The molecule has 0 aliphatic carbocycles. The number of carbonyl (C=O) groups is 2. The number of sulfonamides is 1. The number of nitriles is 1. The fourth-order valence-electron chi connectivity index (χ4n) is 1.35. The van der Waals surface area contributed by atoms with Gasteiger partial charge in [0.15, 0.2) is 5.25 Å². The number of hydrogen-bond acceptors (Lipinski definition) is 5. The number of carboxylic acids is 2. The van der Waals surface area contributed by atoms with Crippen molar-refractivity contribution >= 4 is 22.0 Å². The van der Waals surface area contributed by atoms with E-state index in [1.54, 1.807) is 6.07 Å². The zero-order chi connectivity index (χ0) is 15.1. The lowest BCUT2D eigenvalue weighted by molar-refractivity contribution is -0.140. The van der Waals surface area contributed by atoms with Crippen molar-refractivity contribution in [2.75, 3.05) is 0 Å². The summed E-state index contributed by atoms with van der Waals surface area (Å²) in [6.07, 6.45) is -0.338. The summed E-state index contributed by atoms with van der Waals surface area (Å²) in [5.74, 6) is -2.49. The summed E-state index contributed by atoms with van der Waals surface area (Å²) < 4.78 is 25.3. The van der Waals surface area contributed by atoms with Gasteiger partial charge in [-0.2, -0.15) is 9.98 Å². The second-order valence-electron chi connectivity index (χ2n) is 3.87. The molecular formula is C10H16N2O6S. The van der Waals surface area contributed by atoms with Crippen LogP contribution in [0.2, 0.25) is 0 Å². The van der Waals surface area contributed by atoms with E-state index in [9.17, 15) is 18.0 Å². The monoisotopic (exact) mass is 292 g/mol. The van der Waals surface area contributed by atoms with E-state index in [1.807, 2.05) is 4.72 Å². The highest BCUT2D eigenvalue weighted by Gasteiger charge is 2.29. The second-order valence-corrected chi connectivity index (χ2v) is 5.76. The van der Waals surface area contributed by atoms with Crippen LogP contribution in [-0.2, 0) is 19.6 Å². The number of aliphatic carboxylic acids is 2. The van der Waals surface area contributed by atoms with Crippen molar-refractivity contribution in [3.63, 3.8) is 0 Å². The molecule has 0 radical (unpaired) electrons. The molecule has 0 aromatic carbocycles. The fourth-order valence-corrected chi connectivity index (χ4v) is 2.71. The molecule has 0 heterocycles. The van der Waals surface area contributed by atoms with E-state index in [0.29, 0.717) is 0 Å². The third-order valence-electron chi connectivity index (χ3n) is 2.38. The van der Waals surface area contributed by atoms with Gasteiger partial charge in [0.1, 0.15) is 6.04 Å². The van der Waals surface area contributed by atoms with Crippen molar-refractivity contribution in [1.29, 1.82) is 5.26 Å². The normalized spacial score (nSPS) is 14.3. The fraction of sp³-hybridized carbons (Fsp3) is 0.700. The van der Waals surface area contributed by atoms with Gasteiger partial charge in [-0.25, -0.2) is 8.42 Å². The molecule has 0 fully saturated rings. The van der Waals surface area contributed by atoms with Crippen LogP contribution in [0.4, 0.5) is 0 Å². The molecule has 1 unspecified atom stereocenters. The van der Waals surface area contributed by atoms with E-state index in [-0.39, 0.29) is 25.7 Å². The van der Waals surface area contributed by atoms with Gasteiger partial charge in [-0.3, -0.25) is 9.59 Å². The lowest BCUT2D eigenvalue weighted by atomic mass is 10.1. The van der Waals surface area contributed by atoms with Crippen molar-refractivity contribution in [1.82, 2.24) is 4.72 Å². The van der Waals surface area contributed by atoms with Crippen LogP contribution < -0.4 is 4.72 Å². The Morgan fingerprint density at radius 2 is 1.95 bits per heavy atom. The summed E-state index contributed by atoms with van der Waals surface area (Å²) in [6.45, 7) is 1.49. The van der Waals surface area contributed by atoms with E-state index in [4.69, 9.17) is 15.5 Å². The Morgan fingerprint density at radius 1 is 1.37 bits per heavy atom. The average molecular weight is 292 g/mol. The average Bonchev–Trinajstić information content (AvgIpc) is 2.28. The predicted octanol–water partition coefficient (Wildman–Crippen LogP) is -0.0839. The molecule has 0 saturated carbocycles. The maximum Gasteiger partial charge on any atom is 0.321 e. The Morgan fingerprint density at radius 3 is 2.32 bits per heavy atom. The molecule has 2 atom stereocenters. The van der Waals surface area contributed by atoms with Crippen LogP contribution in [-0.4, -0.2) is 41.9 Å². The third kappa shape index (κ3) is 6.17. The van der Waals surface area contributed by atoms with Crippen LogP contribution in [0.5, 0.6) is 0 Å². The Hall–Kier alpha value is -1.66. The molecule has 0 spiro atoms. The molecule has 0 saturated heterocycles. The van der Waals surface area contributed by atoms with Crippen molar-refractivity contribution < 1.29 is 28.2 Å². The molecule has 0 amide bonds. The van der Waals surface area contributed by atoms with Gasteiger partial charge in [0.05, 0.1) is 6.07 Å². The molecule has 108 valence electrons. The number of hydrogen-bond donors (Lipinski definition) is 3. The summed E-state index contributed by atoms with van der Waals surface area (Å²) in [5, 5.41) is 24.6. The summed E-state index contributed by atoms with van der Waals surface area (Å²) in [6, 6.07) is 0.149. The number of nitrogens with zero attached hydrogens (tertiary/aromatic N) is 1. The molecule has 0 rings (SSSR count). The lowest BCUT2D eigenvalue weighted by Gasteiger charge is -2.16. The van der Waals surface area contributed by atoms with Crippen molar-refractivity contribution in [2.45, 2.75) is 43.9 Å². The first-order valence-corrected chi connectivity index (χ1v) is 7.14. The van der Waals surface area contributed by atoms with Gasteiger partial charge in [0.2, 0.25) is 10.0 Å². The highest BCUT2D eigenvalue weighted by Crippen LogP contribution is 2.08. The minimum absolute atomic E-state index is 0.0260. The molecule has 0 bridgehead atoms. The Bertz CT molecular complexity index is 467. The maximum absolute atomic E-state index is 11.7. The first-order chi connectivity index (χ1) is 8.74. The molecule has 0 aromatic rings. The van der Waals surface area contributed by atoms with E-state index >= 15 is 0 Å². The quantitative estimate of drug-likeness (QED) is 0.538. The lowest BCUT2D eigenvalue weighted by Crippen LogP contribution is -2.44. The number of nitrogens with one attached hydrogen (secondary N) is 1. The molecule has 9 heteroatoms. The van der Waals surface area contributed by atoms with Gasteiger partial charge in [-0.15, -0.1) is 0 Å². The number of rotatable bonds is 9. The highest BCUT2D eigenvalue weighted by molar-refractivity contribution is 7.90. The zero-order valence-corrected chi connectivity index (χ0v) is 11.2. The predicted molar refractivity (Wildman–Crippen MR) is 64.7 cm³/mol. The third-order valence-corrected chi connectivity index (χ3v) is 4.18.